The number of aryl methyl sites for hydroxylation is 1. The van der Waals surface area contributed by atoms with Crippen molar-refractivity contribution in [1.82, 2.24) is 20.4 Å². The molecule has 3 saturated carbocycles. The van der Waals surface area contributed by atoms with E-state index in [9.17, 15) is 9.59 Å². The van der Waals surface area contributed by atoms with Gasteiger partial charge in [0, 0.05) is 30.8 Å². The number of benzene rings is 2. The molecule has 252 valence electrons. The van der Waals surface area contributed by atoms with Crippen LogP contribution in [0.4, 0.5) is 4.79 Å². The van der Waals surface area contributed by atoms with Crippen LogP contribution < -0.4 is 15.4 Å². The number of nitrogens with one attached hydrogen (secondary N) is 2. The van der Waals surface area contributed by atoms with Gasteiger partial charge in [-0.2, -0.15) is 5.10 Å². The van der Waals surface area contributed by atoms with Gasteiger partial charge in [0.05, 0.1) is 32.0 Å². The molecular formula is C38H50N4O5. The smallest absolute Gasteiger partial charge is 0.407 e. The summed E-state index contributed by atoms with van der Waals surface area (Å²) >= 11 is 0. The molecule has 47 heavy (non-hydrogen) atoms. The molecule has 1 heterocycles. The van der Waals surface area contributed by atoms with Crippen LogP contribution in [0.15, 0.2) is 54.9 Å². The van der Waals surface area contributed by atoms with Gasteiger partial charge in [0.1, 0.15) is 12.4 Å². The lowest BCUT2D eigenvalue weighted by molar-refractivity contribution is -0.127. The Kier molecular flexibility index (Phi) is 10.8. The second-order valence-electron chi connectivity index (χ2n) is 13.7. The highest BCUT2D eigenvalue weighted by atomic mass is 16.6. The SMILES string of the molecule is COCCOC(=O)NC1CCC(C(=O)NC(c2cccc(-c3cnn(C4CC4)c3)c2)C2CCC(c3ccc(OC)c(C)c3)CC2)CC1. The Hall–Kier alpha value is -3.85. The molecule has 3 aliphatic rings. The number of ether oxygens (including phenoxy) is 3. The molecule has 9 nitrogen and oxygen atoms in total. The Morgan fingerprint density at radius 3 is 2.40 bits per heavy atom. The van der Waals surface area contributed by atoms with E-state index in [4.69, 9.17) is 14.2 Å². The standard InChI is InChI=1S/C38H50N4O5/c1-25-21-30(13-18-35(25)46-3)26-7-9-27(10-8-26)36(31-6-4-5-29(22-31)32-23-39-42(24-32)34-16-17-34)41-37(43)28-11-14-33(15-12-28)40-38(44)47-20-19-45-2/h4-6,13,18,21-24,26-28,33-34,36H,7-12,14-17,19-20H2,1-3H3,(H,40,44)(H,41,43). The third-order valence-corrected chi connectivity index (χ3v) is 10.5. The largest absolute Gasteiger partial charge is 0.496 e. The van der Waals surface area contributed by atoms with E-state index in [2.05, 4.69) is 76.0 Å². The summed E-state index contributed by atoms with van der Waals surface area (Å²) in [5, 5.41) is 11.1. The molecule has 2 amide bonds. The minimum Gasteiger partial charge on any atom is -0.496 e. The van der Waals surface area contributed by atoms with Crippen molar-refractivity contribution in [3.8, 4) is 16.9 Å². The first-order valence-corrected chi connectivity index (χ1v) is 17.4. The normalized spacial score (nSPS) is 23.5. The highest BCUT2D eigenvalue weighted by Crippen LogP contribution is 2.43. The fraction of sp³-hybridized carbons (Fsp3) is 0.553. The Labute approximate surface area is 278 Å². The summed E-state index contributed by atoms with van der Waals surface area (Å²) in [7, 11) is 3.30. The van der Waals surface area contributed by atoms with Crippen LogP contribution in [0.5, 0.6) is 5.75 Å². The van der Waals surface area contributed by atoms with Gasteiger partial charge < -0.3 is 24.8 Å². The van der Waals surface area contributed by atoms with Crippen molar-refractivity contribution in [1.29, 1.82) is 0 Å². The molecule has 1 atom stereocenters. The fourth-order valence-corrected chi connectivity index (χ4v) is 7.55. The van der Waals surface area contributed by atoms with Gasteiger partial charge in [0.15, 0.2) is 0 Å². The van der Waals surface area contributed by atoms with Crippen molar-refractivity contribution in [2.75, 3.05) is 27.4 Å². The van der Waals surface area contributed by atoms with E-state index < -0.39 is 6.09 Å². The van der Waals surface area contributed by atoms with Crippen molar-refractivity contribution in [3.05, 3.63) is 71.5 Å². The third kappa shape index (κ3) is 8.36. The lowest BCUT2D eigenvalue weighted by atomic mass is 9.74. The molecule has 0 spiro atoms. The average Bonchev–Trinajstić information content (AvgIpc) is 3.83. The van der Waals surface area contributed by atoms with Gasteiger partial charge >= 0.3 is 6.09 Å². The third-order valence-electron chi connectivity index (χ3n) is 10.5. The molecular weight excluding hydrogens is 592 g/mol. The molecule has 6 rings (SSSR count). The Morgan fingerprint density at radius 2 is 1.70 bits per heavy atom. The van der Waals surface area contributed by atoms with E-state index in [1.165, 1.54) is 24.0 Å². The zero-order chi connectivity index (χ0) is 32.8. The van der Waals surface area contributed by atoms with Crippen LogP contribution in [0.3, 0.4) is 0 Å². The fourth-order valence-electron chi connectivity index (χ4n) is 7.55. The first-order chi connectivity index (χ1) is 22.9. The summed E-state index contributed by atoms with van der Waals surface area (Å²) in [6.07, 6.45) is 13.4. The number of hydrogen-bond donors (Lipinski definition) is 2. The molecule has 9 heteroatoms. The van der Waals surface area contributed by atoms with E-state index in [0.29, 0.717) is 24.5 Å². The lowest BCUT2D eigenvalue weighted by Crippen LogP contribution is -2.43. The van der Waals surface area contributed by atoms with Crippen LogP contribution >= 0.6 is 0 Å². The molecule has 0 bridgehead atoms. The number of nitrogens with zero attached hydrogens (tertiary/aromatic N) is 2. The van der Waals surface area contributed by atoms with Gasteiger partial charge in [0.25, 0.3) is 0 Å². The molecule has 0 radical (unpaired) electrons. The van der Waals surface area contributed by atoms with E-state index in [-0.39, 0.29) is 30.5 Å². The van der Waals surface area contributed by atoms with Crippen molar-refractivity contribution in [2.24, 2.45) is 11.8 Å². The summed E-state index contributed by atoms with van der Waals surface area (Å²) in [5.41, 5.74) is 5.97. The van der Waals surface area contributed by atoms with Gasteiger partial charge in [-0.1, -0.05) is 30.3 Å². The molecule has 0 aliphatic heterocycles. The first kappa shape index (κ1) is 33.1. The minimum atomic E-state index is -0.419. The van der Waals surface area contributed by atoms with E-state index in [1.54, 1.807) is 14.2 Å². The molecule has 3 aliphatic carbocycles. The topological polar surface area (TPSA) is 104 Å². The molecule has 3 fully saturated rings. The molecule has 2 N–H and O–H groups in total. The molecule has 2 aromatic carbocycles. The molecule has 3 aromatic rings. The number of carbonyl (C=O) groups excluding carboxylic acids is 2. The Morgan fingerprint density at radius 1 is 0.915 bits per heavy atom. The monoisotopic (exact) mass is 642 g/mol. The van der Waals surface area contributed by atoms with Gasteiger partial charge in [0.2, 0.25) is 5.91 Å². The summed E-state index contributed by atoms with van der Waals surface area (Å²) in [5.74, 6) is 1.84. The maximum Gasteiger partial charge on any atom is 0.407 e. The predicted molar refractivity (Wildman–Crippen MR) is 181 cm³/mol. The minimum absolute atomic E-state index is 0.0231. The number of methoxy groups -OCH3 is 2. The summed E-state index contributed by atoms with van der Waals surface area (Å²) in [6, 6.07) is 15.8. The number of aromatic nitrogens is 2. The molecule has 1 aromatic heterocycles. The van der Waals surface area contributed by atoms with E-state index in [1.807, 2.05) is 6.20 Å². The van der Waals surface area contributed by atoms with Crippen LogP contribution in [0.25, 0.3) is 11.1 Å². The van der Waals surface area contributed by atoms with Crippen LogP contribution in [0, 0.1) is 18.8 Å². The van der Waals surface area contributed by atoms with Crippen LogP contribution in [-0.4, -0.2) is 55.3 Å². The van der Waals surface area contributed by atoms with Crippen molar-refractivity contribution >= 4 is 12.0 Å². The van der Waals surface area contributed by atoms with Crippen molar-refractivity contribution < 1.29 is 23.8 Å². The van der Waals surface area contributed by atoms with Crippen molar-refractivity contribution in [2.45, 2.75) is 95.2 Å². The second-order valence-corrected chi connectivity index (χ2v) is 13.7. The summed E-state index contributed by atoms with van der Waals surface area (Å²) in [6.45, 7) is 2.71. The highest BCUT2D eigenvalue weighted by Gasteiger charge is 2.34. The Bertz CT molecular complexity index is 1500. The Balaban J connectivity index is 1.14. The maximum atomic E-state index is 13.9. The first-order valence-electron chi connectivity index (χ1n) is 17.4. The quantitative estimate of drug-likeness (QED) is 0.202. The zero-order valence-electron chi connectivity index (χ0n) is 28.1. The lowest BCUT2D eigenvalue weighted by Gasteiger charge is -2.36. The number of carbonyl (C=O) groups is 2. The summed E-state index contributed by atoms with van der Waals surface area (Å²) < 4.78 is 17.7. The molecule has 1 unspecified atom stereocenters. The molecule has 0 saturated heterocycles. The van der Waals surface area contributed by atoms with E-state index in [0.717, 1.165) is 73.8 Å². The number of hydrogen-bond acceptors (Lipinski definition) is 6. The highest BCUT2D eigenvalue weighted by molar-refractivity contribution is 5.79. The average molecular weight is 643 g/mol. The van der Waals surface area contributed by atoms with Gasteiger partial charge in [-0.3, -0.25) is 9.48 Å². The maximum absolute atomic E-state index is 13.9. The van der Waals surface area contributed by atoms with Crippen LogP contribution in [-0.2, 0) is 14.3 Å². The van der Waals surface area contributed by atoms with Gasteiger partial charge in [-0.05, 0) is 117 Å². The number of amides is 2. The second kappa shape index (κ2) is 15.4. The number of rotatable bonds is 12. The predicted octanol–water partition coefficient (Wildman–Crippen LogP) is 7.26. The summed E-state index contributed by atoms with van der Waals surface area (Å²) in [4.78, 5) is 26.0. The van der Waals surface area contributed by atoms with Gasteiger partial charge in [-0.15, -0.1) is 0 Å². The van der Waals surface area contributed by atoms with Gasteiger partial charge in [-0.25, -0.2) is 4.79 Å². The van der Waals surface area contributed by atoms with Crippen LogP contribution in [0.1, 0.15) is 98.9 Å². The number of alkyl carbamates (subject to hydrolysis) is 1. The zero-order valence-corrected chi connectivity index (χ0v) is 28.1. The van der Waals surface area contributed by atoms with E-state index >= 15 is 0 Å². The van der Waals surface area contributed by atoms with Crippen LogP contribution in [0.2, 0.25) is 0 Å². The van der Waals surface area contributed by atoms with Crippen molar-refractivity contribution in [3.63, 3.8) is 0 Å².